The van der Waals surface area contributed by atoms with Gasteiger partial charge in [-0.25, -0.2) is 8.78 Å². The quantitative estimate of drug-likeness (QED) is 0.908. The first kappa shape index (κ1) is 14.7. The maximum atomic E-state index is 13.1. The molecule has 22 heavy (non-hydrogen) atoms. The number of amides is 1. The molecule has 1 fully saturated rings. The second-order valence-corrected chi connectivity index (χ2v) is 5.69. The lowest BCUT2D eigenvalue weighted by atomic mass is 10.0. The molecular formula is C16H17F2N3O. The highest BCUT2D eigenvalue weighted by atomic mass is 19.1. The number of nitrogens with one attached hydrogen (secondary N) is 2. The van der Waals surface area contributed by atoms with Gasteiger partial charge in [-0.15, -0.1) is 0 Å². The molecule has 4 nitrogen and oxygen atoms in total. The van der Waals surface area contributed by atoms with Crippen LogP contribution in [0.25, 0.3) is 0 Å². The van der Waals surface area contributed by atoms with Crippen molar-refractivity contribution in [1.29, 1.82) is 0 Å². The third-order valence-electron chi connectivity index (χ3n) is 3.95. The Balaban J connectivity index is 1.61. The molecule has 1 amide bonds. The Morgan fingerprint density at radius 2 is 1.86 bits per heavy atom. The molecule has 0 aliphatic heterocycles. The van der Waals surface area contributed by atoms with Gasteiger partial charge in [0.2, 0.25) is 5.91 Å². The Morgan fingerprint density at radius 3 is 2.55 bits per heavy atom. The van der Waals surface area contributed by atoms with Crippen molar-refractivity contribution in [3.05, 3.63) is 47.2 Å². The number of aromatic nitrogens is 2. The first-order valence-electron chi connectivity index (χ1n) is 7.40. The number of nitrogens with zero attached hydrogens (tertiary/aromatic N) is 1. The second-order valence-electron chi connectivity index (χ2n) is 5.69. The standard InChI is InChI=1S/C16H17F2N3O/c17-12-5-10(6-13(18)8-12)7-16(22)19-15-9-14(20-21-15)11-3-1-2-4-11/h5-6,8-9,11H,1-4,7H2,(H2,19,20,21,22). The van der Waals surface area contributed by atoms with Crippen LogP contribution in [0.4, 0.5) is 14.6 Å². The van der Waals surface area contributed by atoms with Gasteiger partial charge in [-0.2, -0.15) is 5.10 Å². The fourth-order valence-electron chi connectivity index (χ4n) is 2.93. The zero-order valence-electron chi connectivity index (χ0n) is 12.0. The Kier molecular flexibility index (Phi) is 4.18. The largest absolute Gasteiger partial charge is 0.309 e. The summed E-state index contributed by atoms with van der Waals surface area (Å²) < 4.78 is 26.2. The van der Waals surface area contributed by atoms with Crippen molar-refractivity contribution in [2.45, 2.75) is 38.0 Å². The van der Waals surface area contributed by atoms with E-state index in [2.05, 4.69) is 15.5 Å². The normalized spacial score (nSPS) is 15.2. The maximum absolute atomic E-state index is 13.1. The van der Waals surface area contributed by atoms with Crippen molar-refractivity contribution in [3.63, 3.8) is 0 Å². The van der Waals surface area contributed by atoms with Crippen molar-refractivity contribution in [3.8, 4) is 0 Å². The van der Waals surface area contributed by atoms with Gasteiger partial charge in [0.1, 0.15) is 11.6 Å². The summed E-state index contributed by atoms with van der Waals surface area (Å²) >= 11 is 0. The van der Waals surface area contributed by atoms with E-state index in [0.29, 0.717) is 17.3 Å². The number of anilines is 1. The minimum absolute atomic E-state index is 0.0969. The Hall–Kier alpha value is -2.24. The molecule has 2 N–H and O–H groups in total. The molecule has 6 heteroatoms. The summed E-state index contributed by atoms with van der Waals surface area (Å²) in [6.07, 6.45) is 4.61. The number of rotatable bonds is 4. The zero-order chi connectivity index (χ0) is 15.5. The Bertz CT molecular complexity index is 658. The van der Waals surface area contributed by atoms with Gasteiger partial charge in [0.05, 0.1) is 6.42 Å². The second kappa shape index (κ2) is 6.25. The SMILES string of the molecule is O=C(Cc1cc(F)cc(F)c1)Nc1cc(C2CCCC2)[nH]n1. The maximum Gasteiger partial charge on any atom is 0.229 e. The van der Waals surface area contributed by atoms with Crippen LogP contribution in [0.15, 0.2) is 24.3 Å². The third-order valence-corrected chi connectivity index (χ3v) is 3.95. The van der Waals surface area contributed by atoms with E-state index in [-0.39, 0.29) is 12.3 Å². The monoisotopic (exact) mass is 305 g/mol. The Labute approximate surface area is 126 Å². The van der Waals surface area contributed by atoms with Crippen LogP contribution in [0.1, 0.15) is 42.9 Å². The number of benzene rings is 1. The molecule has 1 aromatic heterocycles. The summed E-state index contributed by atoms with van der Waals surface area (Å²) in [6.45, 7) is 0. The molecule has 0 unspecified atom stereocenters. The van der Waals surface area contributed by atoms with Crippen LogP contribution >= 0.6 is 0 Å². The van der Waals surface area contributed by atoms with E-state index in [0.717, 1.165) is 36.7 Å². The van der Waals surface area contributed by atoms with Crippen molar-refractivity contribution in [1.82, 2.24) is 10.2 Å². The highest BCUT2D eigenvalue weighted by Crippen LogP contribution is 2.33. The third kappa shape index (κ3) is 3.50. The molecule has 1 aromatic carbocycles. The first-order valence-corrected chi connectivity index (χ1v) is 7.40. The minimum atomic E-state index is -0.689. The number of hydrogen-bond acceptors (Lipinski definition) is 2. The zero-order valence-corrected chi connectivity index (χ0v) is 12.0. The lowest BCUT2D eigenvalue weighted by molar-refractivity contribution is -0.115. The molecule has 2 aromatic rings. The van der Waals surface area contributed by atoms with Crippen LogP contribution in [0.5, 0.6) is 0 Å². The Morgan fingerprint density at radius 1 is 1.18 bits per heavy atom. The number of carbonyl (C=O) groups is 1. The van der Waals surface area contributed by atoms with Gasteiger partial charge in [-0.3, -0.25) is 9.89 Å². The highest BCUT2D eigenvalue weighted by Gasteiger charge is 2.19. The van der Waals surface area contributed by atoms with E-state index in [1.165, 1.54) is 12.8 Å². The molecule has 0 radical (unpaired) electrons. The van der Waals surface area contributed by atoms with Crippen LogP contribution in [0.2, 0.25) is 0 Å². The molecule has 3 rings (SSSR count). The topological polar surface area (TPSA) is 57.8 Å². The van der Waals surface area contributed by atoms with Gasteiger partial charge >= 0.3 is 0 Å². The molecule has 116 valence electrons. The van der Waals surface area contributed by atoms with E-state index >= 15 is 0 Å². The van der Waals surface area contributed by atoms with E-state index in [9.17, 15) is 13.6 Å². The molecule has 1 heterocycles. The van der Waals surface area contributed by atoms with Crippen LogP contribution in [0.3, 0.4) is 0 Å². The summed E-state index contributed by atoms with van der Waals surface area (Å²) in [5.41, 5.74) is 1.33. The van der Waals surface area contributed by atoms with E-state index in [1.54, 1.807) is 0 Å². The molecule has 1 aliphatic carbocycles. The predicted octanol–water partition coefficient (Wildman–Crippen LogP) is 3.53. The summed E-state index contributed by atoms with van der Waals surface area (Å²) in [6, 6.07) is 4.91. The number of halogens is 2. The fourth-order valence-corrected chi connectivity index (χ4v) is 2.93. The molecule has 0 bridgehead atoms. The van der Waals surface area contributed by atoms with E-state index in [1.807, 2.05) is 6.07 Å². The molecule has 1 aliphatic rings. The highest BCUT2D eigenvalue weighted by molar-refractivity contribution is 5.91. The van der Waals surface area contributed by atoms with Crippen LogP contribution < -0.4 is 5.32 Å². The van der Waals surface area contributed by atoms with Gasteiger partial charge in [0.15, 0.2) is 5.82 Å². The van der Waals surface area contributed by atoms with Gasteiger partial charge < -0.3 is 5.32 Å². The average Bonchev–Trinajstić information content (AvgIpc) is 3.07. The van der Waals surface area contributed by atoms with E-state index < -0.39 is 11.6 Å². The predicted molar refractivity (Wildman–Crippen MR) is 78.5 cm³/mol. The van der Waals surface area contributed by atoms with Crippen LogP contribution in [0, 0.1) is 11.6 Å². The number of carbonyl (C=O) groups excluding carboxylic acids is 1. The summed E-state index contributed by atoms with van der Waals surface area (Å²) in [7, 11) is 0. The molecule has 0 spiro atoms. The molecule has 0 atom stereocenters. The van der Waals surface area contributed by atoms with Gasteiger partial charge in [-0.1, -0.05) is 12.8 Å². The van der Waals surface area contributed by atoms with Crippen LogP contribution in [-0.4, -0.2) is 16.1 Å². The lowest BCUT2D eigenvalue weighted by Crippen LogP contribution is -2.14. The molecule has 1 saturated carbocycles. The fraction of sp³-hybridized carbons (Fsp3) is 0.375. The van der Waals surface area contributed by atoms with Crippen molar-refractivity contribution in [2.24, 2.45) is 0 Å². The van der Waals surface area contributed by atoms with Crippen molar-refractivity contribution < 1.29 is 13.6 Å². The molecular weight excluding hydrogens is 288 g/mol. The number of H-pyrrole nitrogens is 1. The summed E-state index contributed by atoms with van der Waals surface area (Å²) in [4.78, 5) is 11.9. The van der Waals surface area contributed by atoms with E-state index in [4.69, 9.17) is 0 Å². The number of aromatic amines is 1. The van der Waals surface area contributed by atoms with Gasteiger partial charge in [-0.05, 0) is 30.5 Å². The van der Waals surface area contributed by atoms with Gasteiger partial charge in [0, 0.05) is 23.7 Å². The lowest BCUT2D eigenvalue weighted by Gasteiger charge is -2.04. The smallest absolute Gasteiger partial charge is 0.229 e. The summed E-state index contributed by atoms with van der Waals surface area (Å²) in [5, 5.41) is 9.67. The summed E-state index contributed by atoms with van der Waals surface area (Å²) in [5.74, 6) is -0.800. The van der Waals surface area contributed by atoms with Gasteiger partial charge in [0.25, 0.3) is 0 Å². The number of hydrogen-bond donors (Lipinski definition) is 2. The first-order chi connectivity index (χ1) is 10.6. The van der Waals surface area contributed by atoms with Crippen LogP contribution in [-0.2, 0) is 11.2 Å². The van der Waals surface area contributed by atoms with Crippen molar-refractivity contribution >= 4 is 11.7 Å². The van der Waals surface area contributed by atoms with Crippen molar-refractivity contribution in [2.75, 3.05) is 5.32 Å². The average molecular weight is 305 g/mol. The molecule has 0 saturated heterocycles. The minimum Gasteiger partial charge on any atom is -0.309 e.